The third kappa shape index (κ3) is 7.40. The molecule has 0 amide bonds. The summed E-state index contributed by atoms with van der Waals surface area (Å²) in [7, 11) is 0. The number of ether oxygens (including phenoxy) is 1. The highest BCUT2D eigenvalue weighted by Crippen LogP contribution is 2.22. The van der Waals surface area contributed by atoms with Gasteiger partial charge < -0.3 is 15.4 Å². The first-order chi connectivity index (χ1) is 12.1. The molecule has 6 heteroatoms. The van der Waals surface area contributed by atoms with Gasteiger partial charge in [0.05, 0.1) is 25.8 Å². The zero-order valence-corrected chi connectivity index (χ0v) is 19.0. The van der Waals surface area contributed by atoms with E-state index in [0.717, 1.165) is 51.8 Å². The first-order valence-corrected chi connectivity index (χ1v) is 9.57. The lowest BCUT2D eigenvalue weighted by molar-refractivity contribution is 0.0179. The van der Waals surface area contributed by atoms with E-state index < -0.39 is 0 Å². The first kappa shape index (κ1) is 23.2. The molecule has 26 heavy (non-hydrogen) atoms. The number of nitrogens with one attached hydrogen (secondary N) is 2. The Morgan fingerprint density at radius 1 is 1.19 bits per heavy atom. The number of aliphatic imine (C=N–C) groups is 1. The Kier molecular flexibility index (Phi) is 11.2. The molecule has 5 nitrogen and oxygen atoms in total. The Balaban J connectivity index is 0.00000338. The fourth-order valence-electron chi connectivity index (χ4n) is 2.94. The van der Waals surface area contributed by atoms with Gasteiger partial charge in [-0.15, -0.1) is 24.0 Å². The van der Waals surface area contributed by atoms with Crippen molar-refractivity contribution in [3.05, 3.63) is 35.4 Å². The molecule has 1 aromatic rings. The van der Waals surface area contributed by atoms with Crippen LogP contribution in [0.15, 0.2) is 29.3 Å². The molecule has 0 aromatic heterocycles. The summed E-state index contributed by atoms with van der Waals surface area (Å²) >= 11 is 0. The maximum atomic E-state index is 5.53. The zero-order chi connectivity index (χ0) is 18.1. The molecule has 1 aliphatic rings. The van der Waals surface area contributed by atoms with E-state index in [1.165, 1.54) is 11.1 Å². The molecule has 2 atom stereocenters. The van der Waals surface area contributed by atoms with Crippen molar-refractivity contribution in [2.24, 2.45) is 4.99 Å². The monoisotopic (exact) mass is 474 g/mol. The summed E-state index contributed by atoms with van der Waals surface area (Å²) < 4.78 is 5.53. The van der Waals surface area contributed by atoms with Crippen LogP contribution in [0.4, 0.5) is 0 Å². The van der Waals surface area contributed by atoms with E-state index in [1.807, 2.05) is 0 Å². The van der Waals surface area contributed by atoms with Gasteiger partial charge in [0.2, 0.25) is 0 Å². The van der Waals surface area contributed by atoms with Gasteiger partial charge in [0.25, 0.3) is 0 Å². The number of halogens is 1. The van der Waals surface area contributed by atoms with E-state index in [2.05, 4.69) is 67.5 Å². The number of rotatable bonds is 7. The SMILES string of the molecule is CCNC(=NCC(c1ccc(C)cc1)N1CCOCC1)NC(C)CC.I. The number of morpholine rings is 1. The average Bonchev–Trinajstić information content (AvgIpc) is 2.64. The quantitative estimate of drug-likeness (QED) is 0.362. The van der Waals surface area contributed by atoms with E-state index in [-0.39, 0.29) is 30.0 Å². The van der Waals surface area contributed by atoms with Crippen LogP contribution in [0.1, 0.15) is 44.4 Å². The predicted octanol–water partition coefficient (Wildman–Crippen LogP) is 3.34. The van der Waals surface area contributed by atoms with Gasteiger partial charge in [-0.2, -0.15) is 0 Å². The van der Waals surface area contributed by atoms with E-state index in [1.54, 1.807) is 0 Å². The Morgan fingerprint density at radius 2 is 1.85 bits per heavy atom. The Morgan fingerprint density at radius 3 is 2.42 bits per heavy atom. The lowest BCUT2D eigenvalue weighted by atomic mass is 10.0. The first-order valence-electron chi connectivity index (χ1n) is 9.57. The van der Waals surface area contributed by atoms with Crippen LogP contribution < -0.4 is 10.6 Å². The minimum absolute atomic E-state index is 0. The van der Waals surface area contributed by atoms with Crippen LogP contribution in [0.5, 0.6) is 0 Å². The number of hydrogen-bond donors (Lipinski definition) is 2. The highest BCUT2D eigenvalue weighted by atomic mass is 127. The van der Waals surface area contributed by atoms with Crippen molar-refractivity contribution in [3.8, 4) is 0 Å². The molecule has 0 aliphatic carbocycles. The molecule has 0 radical (unpaired) electrons. The Hall–Kier alpha value is -0.860. The van der Waals surface area contributed by atoms with E-state index >= 15 is 0 Å². The largest absolute Gasteiger partial charge is 0.379 e. The van der Waals surface area contributed by atoms with Gasteiger partial charge in [-0.3, -0.25) is 9.89 Å². The summed E-state index contributed by atoms with van der Waals surface area (Å²) in [6, 6.07) is 9.56. The van der Waals surface area contributed by atoms with E-state index in [9.17, 15) is 0 Å². The Bertz CT molecular complexity index is 529. The highest BCUT2D eigenvalue weighted by Gasteiger charge is 2.22. The van der Waals surface area contributed by atoms with Crippen molar-refractivity contribution in [2.75, 3.05) is 39.4 Å². The summed E-state index contributed by atoms with van der Waals surface area (Å²) in [4.78, 5) is 7.38. The standard InChI is InChI=1S/C20H34N4O.HI/c1-5-17(4)23-20(21-6-2)22-15-19(24-11-13-25-14-12-24)18-9-7-16(3)8-10-18;/h7-10,17,19H,5-6,11-15H2,1-4H3,(H2,21,22,23);1H. The molecule has 1 fully saturated rings. The fraction of sp³-hybridized carbons (Fsp3) is 0.650. The minimum atomic E-state index is 0. The van der Waals surface area contributed by atoms with Crippen molar-refractivity contribution in [2.45, 2.75) is 46.2 Å². The van der Waals surface area contributed by atoms with Crippen LogP contribution in [0, 0.1) is 6.92 Å². The molecule has 0 bridgehead atoms. The summed E-state index contributed by atoms with van der Waals surface area (Å²) in [5, 5.41) is 6.84. The van der Waals surface area contributed by atoms with Gasteiger partial charge in [0, 0.05) is 25.7 Å². The normalized spacial score (nSPS) is 17.9. The molecule has 1 aliphatic heterocycles. The van der Waals surface area contributed by atoms with Crippen LogP contribution in [-0.4, -0.2) is 56.3 Å². The molecule has 2 rings (SSSR count). The third-order valence-electron chi connectivity index (χ3n) is 4.71. The van der Waals surface area contributed by atoms with Crippen molar-refractivity contribution >= 4 is 29.9 Å². The summed E-state index contributed by atoms with van der Waals surface area (Å²) in [5.41, 5.74) is 2.62. The lowest BCUT2D eigenvalue weighted by Crippen LogP contribution is -2.43. The second kappa shape index (κ2) is 12.5. The molecule has 2 unspecified atom stereocenters. The van der Waals surface area contributed by atoms with Crippen molar-refractivity contribution in [1.82, 2.24) is 15.5 Å². The van der Waals surface area contributed by atoms with Crippen molar-refractivity contribution in [3.63, 3.8) is 0 Å². The second-order valence-corrected chi connectivity index (χ2v) is 6.75. The van der Waals surface area contributed by atoms with Crippen LogP contribution in [0.3, 0.4) is 0 Å². The van der Waals surface area contributed by atoms with E-state index in [4.69, 9.17) is 9.73 Å². The number of guanidine groups is 1. The second-order valence-electron chi connectivity index (χ2n) is 6.75. The molecule has 2 N–H and O–H groups in total. The zero-order valence-electron chi connectivity index (χ0n) is 16.6. The van der Waals surface area contributed by atoms with Crippen molar-refractivity contribution < 1.29 is 4.74 Å². The molecule has 1 saturated heterocycles. The van der Waals surface area contributed by atoms with Crippen LogP contribution in [0.25, 0.3) is 0 Å². The number of benzene rings is 1. The van der Waals surface area contributed by atoms with Crippen LogP contribution in [-0.2, 0) is 4.74 Å². The Labute approximate surface area is 176 Å². The average molecular weight is 474 g/mol. The van der Waals surface area contributed by atoms with Crippen LogP contribution in [0.2, 0.25) is 0 Å². The van der Waals surface area contributed by atoms with Gasteiger partial charge in [-0.05, 0) is 32.8 Å². The van der Waals surface area contributed by atoms with E-state index in [0.29, 0.717) is 6.04 Å². The van der Waals surface area contributed by atoms with Crippen molar-refractivity contribution in [1.29, 1.82) is 0 Å². The number of aryl methyl sites for hydroxylation is 1. The highest BCUT2D eigenvalue weighted by molar-refractivity contribution is 14.0. The molecule has 1 heterocycles. The van der Waals surface area contributed by atoms with Gasteiger partial charge >= 0.3 is 0 Å². The molecule has 0 spiro atoms. The molecular formula is C20H35IN4O. The van der Waals surface area contributed by atoms with Gasteiger partial charge in [0.15, 0.2) is 5.96 Å². The van der Waals surface area contributed by atoms with Gasteiger partial charge in [-0.1, -0.05) is 36.8 Å². The fourth-order valence-corrected chi connectivity index (χ4v) is 2.94. The molecule has 1 aromatic carbocycles. The topological polar surface area (TPSA) is 48.9 Å². The third-order valence-corrected chi connectivity index (χ3v) is 4.71. The van der Waals surface area contributed by atoms with Crippen LogP contribution >= 0.6 is 24.0 Å². The van der Waals surface area contributed by atoms with Gasteiger partial charge in [0.1, 0.15) is 0 Å². The summed E-state index contributed by atoms with van der Waals surface area (Å²) in [6.07, 6.45) is 1.08. The molecule has 148 valence electrons. The maximum absolute atomic E-state index is 5.53. The summed E-state index contributed by atoms with van der Waals surface area (Å²) in [6.45, 7) is 13.7. The molecular weight excluding hydrogens is 439 g/mol. The number of hydrogen-bond acceptors (Lipinski definition) is 3. The minimum Gasteiger partial charge on any atom is -0.379 e. The lowest BCUT2D eigenvalue weighted by Gasteiger charge is -2.34. The van der Waals surface area contributed by atoms with Gasteiger partial charge in [-0.25, -0.2) is 0 Å². The predicted molar refractivity (Wildman–Crippen MR) is 121 cm³/mol. The smallest absolute Gasteiger partial charge is 0.191 e. The molecule has 0 saturated carbocycles. The maximum Gasteiger partial charge on any atom is 0.191 e. The number of nitrogens with zero attached hydrogens (tertiary/aromatic N) is 2. The summed E-state index contributed by atoms with van der Waals surface area (Å²) in [5.74, 6) is 0.905.